The first-order valence-corrected chi connectivity index (χ1v) is 13.4. The Bertz CT molecular complexity index is 1260. The predicted molar refractivity (Wildman–Crippen MR) is 124 cm³/mol. The third-order valence-corrected chi connectivity index (χ3v) is 9.53. The number of carbonyl (C=O) groups is 3. The van der Waals surface area contributed by atoms with Crippen LogP contribution in [-0.4, -0.2) is 52.1 Å². The van der Waals surface area contributed by atoms with E-state index in [9.17, 15) is 19.5 Å². The van der Waals surface area contributed by atoms with E-state index in [2.05, 4.69) is 0 Å². The molecule has 0 radical (unpaired) electrons. The number of ether oxygens (including phenoxy) is 3. The van der Waals surface area contributed by atoms with Crippen LogP contribution in [-0.2, 0) is 31.0 Å². The molecule has 1 saturated heterocycles. The van der Waals surface area contributed by atoms with Gasteiger partial charge in [-0.05, 0) is 69.1 Å². The fourth-order valence-corrected chi connectivity index (χ4v) is 7.16. The van der Waals surface area contributed by atoms with Gasteiger partial charge >= 0.3 is 11.9 Å². The Kier molecular flexibility index (Phi) is 4.08. The van der Waals surface area contributed by atoms with Crippen LogP contribution in [0.25, 0.3) is 0 Å². The number of nitrogens with zero attached hydrogens (tertiary/aromatic N) is 1. The minimum absolute atomic E-state index is 0.0636. The van der Waals surface area contributed by atoms with Gasteiger partial charge in [-0.3, -0.25) is 14.4 Å². The Balaban J connectivity index is 1.26. The molecule has 1 spiro atoms. The van der Waals surface area contributed by atoms with Crippen molar-refractivity contribution in [3.63, 3.8) is 0 Å². The largest absolute Gasteiger partial charge is 0.477 e. The summed E-state index contributed by atoms with van der Waals surface area (Å²) >= 11 is 0. The van der Waals surface area contributed by atoms with Crippen LogP contribution >= 0.6 is 0 Å². The number of amides is 1. The molecule has 7 aliphatic rings. The molecule has 1 amide bonds. The molecule has 2 aliphatic heterocycles. The molecule has 3 saturated carbocycles. The lowest BCUT2D eigenvalue weighted by Gasteiger charge is -2.62. The zero-order chi connectivity index (χ0) is 24.4. The standard InChI is InChI=1S/C28H29NO7/c30-24(14-1-2-14)29-12-11-27-21-17-7-8-18(34-25(31)15-3-4-15)22(21)36-23(27)19(35-26(32)16-5-6-16)9-10-28(27,33)20(29)13-17/h7-9,14-16,20,23,33H,1-6,10-13H2/t20-,23+,27?,28-/m1/s1. The minimum atomic E-state index is -1.27. The Morgan fingerprint density at radius 1 is 0.972 bits per heavy atom. The van der Waals surface area contributed by atoms with Crippen molar-refractivity contribution in [1.29, 1.82) is 0 Å². The SMILES string of the molecule is O=C(OC1=CC[C@@]2(O)[C@H]3Cc4ccc(OC(=O)C5CC5)c5c4C2(CCN3C(=O)C2CC2)[C@H]1O5)C1CC1. The average Bonchev–Trinajstić information content (AvgIpc) is 3.71. The second-order valence-corrected chi connectivity index (χ2v) is 11.8. The van der Waals surface area contributed by atoms with Crippen LogP contribution < -0.4 is 9.47 Å². The third-order valence-electron chi connectivity index (χ3n) is 9.53. The first-order valence-electron chi connectivity index (χ1n) is 13.4. The van der Waals surface area contributed by atoms with Gasteiger partial charge in [0.1, 0.15) is 11.4 Å². The highest BCUT2D eigenvalue weighted by Gasteiger charge is 2.73. The maximum absolute atomic E-state index is 13.3. The molecule has 1 aromatic rings. The molecule has 2 heterocycles. The summed E-state index contributed by atoms with van der Waals surface area (Å²) in [6.45, 7) is 0.511. The Morgan fingerprint density at radius 3 is 2.36 bits per heavy atom. The summed E-state index contributed by atoms with van der Waals surface area (Å²) in [4.78, 5) is 40.4. The second kappa shape index (κ2) is 6.91. The lowest BCUT2D eigenvalue weighted by atomic mass is 9.50. The van der Waals surface area contributed by atoms with Crippen LogP contribution in [0.4, 0.5) is 0 Å². The van der Waals surface area contributed by atoms with Crippen LogP contribution in [0.3, 0.4) is 0 Å². The highest BCUT2D eigenvalue weighted by molar-refractivity contribution is 5.83. The number of esters is 2. The average molecular weight is 492 g/mol. The molecule has 4 fully saturated rings. The molecule has 8 rings (SSSR count). The Hall–Kier alpha value is -2.87. The van der Waals surface area contributed by atoms with E-state index in [0.29, 0.717) is 36.6 Å². The molecule has 8 heteroatoms. The van der Waals surface area contributed by atoms with E-state index in [1.165, 1.54) is 0 Å². The smallest absolute Gasteiger partial charge is 0.314 e. The van der Waals surface area contributed by atoms with Crippen LogP contribution in [0.2, 0.25) is 0 Å². The summed E-state index contributed by atoms with van der Waals surface area (Å²) in [5.41, 5.74) is -0.292. The van der Waals surface area contributed by atoms with Gasteiger partial charge in [-0.2, -0.15) is 0 Å². The van der Waals surface area contributed by atoms with Crippen molar-refractivity contribution in [2.45, 2.75) is 80.9 Å². The summed E-state index contributed by atoms with van der Waals surface area (Å²) in [7, 11) is 0. The summed E-state index contributed by atoms with van der Waals surface area (Å²) < 4.78 is 18.2. The van der Waals surface area contributed by atoms with Gasteiger partial charge in [0.05, 0.1) is 23.3 Å². The maximum Gasteiger partial charge on any atom is 0.314 e. The van der Waals surface area contributed by atoms with E-state index < -0.39 is 17.1 Å². The highest BCUT2D eigenvalue weighted by Crippen LogP contribution is 2.66. The van der Waals surface area contributed by atoms with Gasteiger partial charge in [0.25, 0.3) is 0 Å². The van der Waals surface area contributed by atoms with Crippen molar-refractivity contribution < 1.29 is 33.7 Å². The number of likely N-dealkylation sites (tertiary alicyclic amines) is 1. The molecule has 188 valence electrons. The molecular weight excluding hydrogens is 462 g/mol. The second-order valence-electron chi connectivity index (χ2n) is 11.8. The zero-order valence-corrected chi connectivity index (χ0v) is 20.0. The highest BCUT2D eigenvalue weighted by atomic mass is 16.6. The first-order chi connectivity index (χ1) is 17.4. The van der Waals surface area contributed by atoms with Gasteiger partial charge in [-0.1, -0.05) is 6.07 Å². The molecule has 36 heavy (non-hydrogen) atoms. The number of carbonyl (C=O) groups excluding carboxylic acids is 3. The van der Waals surface area contributed by atoms with Crippen molar-refractivity contribution in [2.24, 2.45) is 17.8 Å². The molecule has 1 unspecified atom stereocenters. The fraction of sp³-hybridized carbons (Fsp3) is 0.607. The monoisotopic (exact) mass is 491 g/mol. The number of piperidine rings is 1. The topological polar surface area (TPSA) is 102 Å². The minimum Gasteiger partial charge on any atom is -0.477 e. The molecule has 1 aromatic carbocycles. The molecule has 0 aromatic heterocycles. The number of hydrogen-bond acceptors (Lipinski definition) is 7. The molecule has 1 N–H and O–H groups in total. The lowest BCUT2D eigenvalue weighted by Crippen LogP contribution is -2.75. The number of aliphatic hydroxyl groups is 1. The Labute approximate surface area is 208 Å². The zero-order valence-electron chi connectivity index (χ0n) is 20.0. The van der Waals surface area contributed by atoms with E-state index >= 15 is 0 Å². The summed E-state index contributed by atoms with van der Waals surface area (Å²) in [6.07, 6.45) is 7.50. The summed E-state index contributed by atoms with van der Waals surface area (Å²) in [5, 5.41) is 12.5. The fourth-order valence-electron chi connectivity index (χ4n) is 7.16. The van der Waals surface area contributed by atoms with E-state index in [-0.39, 0.29) is 48.1 Å². The molecule has 8 nitrogen and oxygen atoms in total. The van der Waals surface area contributed by atoms with Gasteiger partial charge in [0.2, 0.25) is 5.91 Å². The van der Waals surface area contributed by atoms with Gasteiger partial charge in [0.15, 0.2) is 17.6 Å². The number of benzene rings is 1. The quantitative estimate of drug-likeness (QED) is 0.499. The van der Waals surface area contributed by atoms with Crippen LogP contribution in [0.1, 0.15) is 62.5 Å². The Morgan fingerprint density at radius 2 is 1.67 bits per heavy atom. The third kappa shape index (κ3) is 2.71. The van der Waals surface area contributed by atoms with Crippen molar-refractivity contribution in [3.8, 4) is 11.5 Å². The maximum atomic E-state index is 13.3. The summed E-state index contributed by atoms with van der Waals surface area (Å²) in [5.74, 6) is 0.810. The van der Waals surface area contributed by atoms with Crippen molar-refractivity contribution in [1.82, 2.24) is 4.90 Å². The van der Waals surface area contributed by atoms with E-state index in [0.717, 1.165) is 49.7 Å². The van der Waals surface area contributed by atoms with Crippen molar-refractivity contribution in [3.05, 3.63) is 35.1 Å². The normalized spacial score (nSPS) is 35.4. The first kappa shape index (κ1) is 21.2. The van der Waals surface area contributed by atoms with E-state index in [1.807, 2.05) is 11.0 Å². The summed E-state index contributed by atoms with van der Waals surface area (Å²) in [6, 6.07) is 3.34. The number of rotatable bonds is 5. The van der Waals surface area contributed by atoms with Crippen LogP contribution in [0.5, 0.6) is 11.5 Å². The molecule has 4 atom stereocenters. The van der Waals surface area contributed by atoms with E-state index in [1.54, 1.807) is 12.1 Å². The van der Waals surface area contributed by atoms with Gasteiger partial charge in [-0.15, -0.1) is 0 Å². The molecule has 5 aliphatic carbocycles. The molecule has 2 bridgehead atoms. The van der Waals surface area contributed by atoms with E-state index in [4.69, 9.17) is 14.2 Å². The predicted octanol–water partition coefficient (Wildman–Crippen LogP) is 2.54. The molecular formula is C28H29NO7. The number of hydrogen-bond donors (Lipinski definition) is 1. The van der Waals surface area contributed by atoms with Crippen LogP contribution in [0.15, 0.2) is 24.0 Å². The lowest BCUT2D eigenvalue weighted by molar-refractivity contribution is -0.182. The van der Waals surface area contributed by atoms with Crippen molar-refractivity contribution >= 4 is 17.8 Å². The van der Waals surface area contributed by atoms with Gasteiger partial charge < -0.3 is 24.2 Å². The van der Waals surface area contributed by atoms with Gasteiger partial charge in [-0.25, -0.2) is 0 Å². The van der Waals surface area contributed by atoms with Crippen LogP contribution in [0, 0.1) is 17.8 Å². The van der Waals surface area contributed by atoms with Gasteiger partial charge in [0, 0.05) is 24.4 Å². The van der Waals surface area contributed by atoms with Crippen molar-refractivity contribution in [2.75, 3.05) is 6.54 Å².